The largest absolute Gasteiger partial charge is 0.337 e. The number of amides is 1. The molecule has 1 amide bonds. The van der Waals surface area contributed by atoms with E-state index in [9.17, 15) is 13.2 Å². The Hall–Kier alpha value is -1.96. The van der Waals surface area contributed by atoms with E-state index in [4.69, 9.17) is 0 Å². The minimum absolute atomic E-state index is 0.140. The number of carbonyl (C=O) groups is 1. The van der Waals surface area contributed by atoms with Crippen molar-refractivity contribution in [2.75, 3.05) is 19.6 Å². The van der Waals surface area contributed by atoms with Gasteiger partial charge in [0.25, 0.3) is 5.91 Å². The summed E-state index contributed by atoms with van der Waals surface area (Å²) in [5.41, 5.74) is 3.37. The molecule has 1 fully saturated rings. The van der Waals surface area contributed by atoms with Crippen LogP contribution in [0.15, 0.2) is 52.8 Å². The van der Waals surface area contributed by atoms with Crippen LogP contribution < -0.4 is 0 Å². The summed E-state index contributed by atoms with van der Waals surface area (Å²) in [6.45, 7) is 5.97. The molecular weight excluding hydrogens is 380 g/mol. The Morgan fingerprint density at radius 2 is 1.70 bits per heavy atom. The summed E-state index contributed by atoms with van der Waals surface area (Å²) < 4.78 is 28.0. The van der Waals surface area contributed by atoms with Crippen LogP contribution in [0.4, 0.5) is 0 Å². The normalized spacial score (nSPS) is 18.4. The lowest BCUT2D eigenvalue weighted by atomic mass is 10.0. The molecule has 2 aliphatic rings. The van der Waals surface area contributed by atoms with E-state index in [1.54, 1.807) is 16.3 Å². The molecule has 5 nitrogen and oxygen atoms in total. The summed E-state index contributed by atoms with van der Waals surface area (Å²) >= 11 is 1.21. The minimum Gasteiger partial charge on any atom is -0.337 e. The number of rotatable bonds is 3. The number of nitrogens with zero attached hydrogens (tertiary/aromatic N) is 2. The maximum Gasteiger partial charge on any atom is 0.265 e. The van der Waals surface area contributed by atoms with Crippen molar-refractivity contribution < 1.29 is 13.2 Å². The van der Waals surface area contributed by atoms with Gasteiger partial charge in [-0.15, -0.1) is 11.3 Å². The van der Waals surface area contributed by atoms with Gasteiger partial charge in [-0.2, -0.15) is 4.31 Å². The molecule has 0 N–H and O–H groups in total. The van der Waals surface area contributed by atoms with E-state index in [0.717, 1.165) is 24.0 Å². The Bertz CT molecular complexity index is 984. The van der Waals surface area contributed by atoms with Crippen LogP contribution in [0.5, 0.6) is 0 Å². The fourth-order valence-corrected chi connectivity index (χ4v) is 6.42. The second kappa shape index (κ2) is 7.22. The predicted octanol–water partition coefficient (Wildman–Crippen LogP) is 3.29. The van der Waals surface area contributed by atoms with Crippen LogP contribution >= 0.6 is 11.3 Å². The van der Waals surface area contributed by atoms with Crippen molar-refractivity contribution in [3.8, 4) is 0 Å². The van der Waals surface area contributed by atoms with Crippen molar-refractivity contribution >= 4 is 27.3 Å². The highest BCUT2D eigenvalue weighted by molar-refractivity contribution is 7.89. The summed E-state index contributed by atoms with van der Waals surface area (Å²) in [6, 6.07) is 9.49. The predicted molar refractivity (Wildman–Crippen MR) is 106 cm³/mol. The Kier molecular flexibility index (Phi) is 4.92. The highest BCUT2D eigenvalue weighted by atomic mass is 32.2. The maximum atomic E-state index is 13.3. The number of sulfonamides is 1. The molecule has 0 unspecified atom stereocenters. The van der Waals surface area contributed by atoms with Crippen molar-refractivity contribution in [2.24, 2.45) is 0 Å². The molecule has 2 aliphatic heterocycles. The monoisotopic (exact) mass is 402 g/mol. The quantitative estimate of drug-likeness (QED) is 0.741. The number of thiophene rings is 1. The lowest BCUT2D eigenvalue weighted by Gasteiger charge is -2.30. The van der Waals surface area contributed by atoms with Gasteiger partial charge in [0.2, 0.25) is 10.0 Å². The second-order valence-corrected chi connectivity index (χ2v) is 9.84. The molecule has 1 saturated heterocycles. The van der Waals surface area contributed by atoms with Crippen LogP contribution in [0.2, 0.25) is 0 Å². The first-order valence-electron chi connectivity index (χ1n) is 9.07. The fraction of sp³-hybridized carbons (Fsp3) is 0.350. The number of hydrogen-bond acceptors (Lipinski definition) is 4. The van der Waals surface area contributed by atoms with Gasteiger partial charge >= 0.3 is 0 Å². The van der Waals surface area contributed by atoms with E-state index in [0.29, 0.717) is 37.5 Å². The van der Waals surface area contributed by atoms with Crippen molar-refractivity contribution in [3.63, 3.8) is 0 Å². The van der Waals surface area contributed by atoms with E-state index in [1.807, 2.05) is 24.3 Å². The molecule has 0 saturated carbocycles. The average Bonchev–Trinajstić information content (AvgIpc) is 3.18. The first kappa shape index (κ1) is 18.4. The maximum absolute atomic E-state index is 13.3. The minimum atomic E-state index is -3.71. The fourth-order valence-electron chi connectivity index (χ4n) is 3.64. The zero-order chi connectivity index (χ0) is 19.0. The van der Waals surface area contributed by atoms with Gasteiger partial charge in [0.05, 0.1) is 0 Å². The van der Waals surface area contributed by atoms with Crippen LogP contribution in [0.3, 0.4) is 0 Å². The van der Waals surface area contributed by atoms with Gasteiger partial charge < -0.3 is 4.90 Å². The highest BCUT2D eigenvalue weighted by Crippen LogP contribution is 2.31. The molecule has 0 bridgehead atoms. The smallest absolute Gasteiger partial charge is 0.265 e. The molecule has 0 aliphatic carbocycles. The third-order valence-electron chi connectivity index (χ3n) is 5.29. The highest BCUT2D eigenvalue weighted by Gasteiger charge is 2.34. The van der Waals surface area contributed by atoms with Crippen LogP contribution in [-0.2, 0) is 23.0 Å². The third-order valence-corrected chi connectivity index (χ3v) is 8.21. The van der Waals surface area contributed by atoms with Gasteiger partial charge in [0, 0.05) is 26.2 Å². The number of fused-ring (bicyclic) bond motifs is 1. The standard InChI is InChI=1S/C20H22N2O3S2/c1-15-6-10-21(11-7-15)20(23)19-18(9-13-26-19)27(24,25)22-12-8-16-4-2-3-5-17(16)14-22/h2-5,9,13H,1,6-8,10-12,14H2. The summed E-state index contributed by atoms with van der Waals surface area (Å²) in [5, 5.41) is 1.70. The molecule has 1 aromatic carbocycles. The lowest BCUT2D eigenvalue weighted by molar-refractivity contribution is 0.0745. The topological polar surface area (TPSA) is 57.7 Å². The molecule has 2 aromatic rings. The first-order valence-corrected chi connectivity index (χ1v) is 11.4. The first-order chi connectivity index (χ1) is 13.0. The Balaban J connectivity index is 1.60. The molecule has 0 spiro atoms. The van der Waals surface area contributed by atoms with E-state index >= 15 is 0 Å². The second-order valence-electron chi connectivity index (χ2n) is 7.01. The van der Waals surface area contributed by atoms with E-state index in [1.165, 1.54) is 21.2 Å². The third kappa shape index (κ3) is 3.47. The number of likely N-dealkylation sites (tertiary alicyclic amines) is 1. The van der Waals surface area contributed by atoms with Gasteiger partial charge in [0.15, 0.2) is 0 Å². The molecule has 0 atom stereocenters. The van der Waals surface area contributed by atoms with Gasteiger partial charge in [0.1, 0.15) is 9.77 Å². The number of piperidine rings is 1. The number of benzene rings is 1. The summed E-state index contributed by atoms with van der Waals surface area (Å²) in [7, 11) is -3.71. The van der Waals surface area contributed by atoms with Crippen LogP contribution in [0, 0.1) is 0 Å². The van der Waals surface area contributed by atoms with Gasteiger partial charge in [-0.1, -0.05) is 36.4 Å². The molecule has 7 heteroatoms. The molecule has 0 radical (unpaired) electrons. The van der Waals surface area contributed by atoms with Crippen molar-refractivity contribution in [3.05, 3.63) is 63.9 Å². The van der Waals surface area contributed by atoms with Gasteiger partial charge in [-0.25, -0.2) is 8.42 Å². The van der Waals surface area contributed by atoms with Crippen LogP contribution in [-0.4, -0.2) is 43.2 Å². The Morgan fingerprint density at radius 3 is 2.44 bits per heavy atom. The number of carbonyl (C=O) groups excluding carboxylic acids is 1. The van der Waals surface area contributed by atoms with Gasteiger partial charge in [-0.05, 0) is 41.8 Å². The zero-order valence-electron chi connectivity index (χ0n) is 15.1. The Morgan fingerprint density at radius 1 is 1.00 bits per heavy atom. The average molecular weight is 403 g/mol. The van der Waals surface area contributed by atoms with Crippen molar-refractivity contribution in [1.82, 2.24) is 9.21 Å². The molecule has 142 valence electrons. The summed E-state index contributed by atoms with van der Waals surface area (Å²) in [5.74, 6) is -0.187. The SMILES string of the molecule is C=C1CCN(C(=O)c2sccc2S(=O)(=O)N2CCc3ccccc3C2)CC1. The Labute approximate surface area is 164 Å². The molecular formula is C20H22N2O3S2. The summed E-state index contributed by atoms with van der Waals surface area (Å²) in [4.78, 5) is 15.1. The molecule has 4 rings (SSSR count). The lowest BCUT2D eigenvalue weighted by Crippen LogP contribution is -2.38. The van der Waals surface area contributed by atoms with Crippen LogP contribution in [0.25, 0.3) is 0 Å². The molecule has 27 heavy (non-hydrogen) atoms. The molecule has 1 aromatic heterocycles. The van der Waals surface area contributed by atoms with E-state index < -0.39 is 10.0 Å². The van der Waals surface area contributed by atoms with Crippen molar-refractivity contribution in [1.29, 1.82) is 0 Å². The summed E-state index contributed by atoms with van der Waals surface area (Å²) in [6.07, 6.45) is 2.25. The van der Waals surface area contributed by atoms with Gasteiger partial charge in [-0.3, -0.25) is 4.79 Å². The zero-order valence-corrected chi connectivity index (χ0v) is 16.7. The van der Waals surface area contributed by atoms with E-state index in [2.05, 4.69) is 6.58 Å². The molecule has 3 heterocycles. The number of hydrogen-bond donors (Lipinski definition) is 0. The van der Waals surface area contributed by atoms with Crippen molar-refractivity contribution in [2.45, 2.75) is 30.7 Å². The van der Waals surface area contributed by atoms with Crippen LogP contribution in [0.1, 0.15) is 33.6 Å². The van der Waals surface area contributed by atoms with E-state index in [-0.39, 0.29) is 10.8 Å².